The van der Waals surface area contributed by atoms with E-state index in [2.05, 4.69) is 24.1 Å². The molecular weight excluding hydrogens is 287 g/mol. The first kappa shape index (κ1) is 15.9. The van der Waals surface area contributed by atoms with Crippen LogP contribution < -0.4 is 10.1 Å². The molecule has 2 rings (SSSR count). The first-order chi connectivity index (χ1) is 10.1. The third kappa shape index (κ3) is 4.79. The van der Waals surface area contributed by atoms with E-state index in [4.69, 9.17) is 4.74 Å². The Morgan fingerprint density at radius 1 is 1.33 bits per heavy atom. The van der Waals surface area contributed by atoms with Crippen LogP contribution in [0.2, 0.25) is 0 Å². The van der Waals surface area contributed by atoms with Crippen LogP contribution in [0.25, 0.3) is 0 Å². The summed E-state index contributed by atoms with van der Waals surface area (Å²) in [5.74, 6) is 0.688. The molecule has 3 nitrogen and oxygen atoms in total. The largest absolute Gasteiger partial charge is 0.487 e. The van der Waals surface area contributed by atoms with Crippen LogP contribution in [-0.4, -0.2) is 11.5 Å². The molecule has 0 radical (unpaired) electrons. The third-order valence-corrected chi connectivity index (χ3v) is 4.15. The molecule has 5 heteroatoms. The summed E-state index contributed by atoms with van der Waals surface area (Å²) in [4.78, 5) is 4.51. The van der Waals surface area contributed by atoms with E-state index in [1.807, 2.05) is 18.4 Å². The molecule has 0 atom stereocenters. The van der Waals surface area contributed by atoms with E-state index in [1.165, 1.54) is 12.1 Å². The number of halogens is 1. The van der Waals surface area contributed by atoms with Crippen LogP contribution in [0.15, 0.2) is 23.6 Å². The summed E-state index contributed by atoms with van der Waals surface area (Å²) in [5, 5.41) is 6.27. The van der Waals surface area contributed by atoms with Gasteiger partial charge in [0.2, 0.25) is 0 Å². The van der Waals surface area contributed by atoms with E-state index in [1.54, 1.807) is 11.3 Å². The van der Waals surface area contributed by atoms with Gasteiger partial charge < -0.3 is 10.1 Å². The van der Waals surface area contributed by atoms with Crippen LogP contribution in [0.1, 0.15) is 43.0 Å². The quantitative estimate of drug-likeness (QED) is 0.836. The maximum absolute atomic E-state index is 13.6. The molecule has 0 amide bonds. The van der Waals surface area contributed by atoms with Crippen molar-refractivity contribution in [3.63, 3.8) is 0 Å². The van der Waals surface area contributed by atoms with Gasteiger partial charge in [0.25, 0.3) is 0 Å². The molecule has 1 N–H and O–H groups in total. The Labute approximate surface area is 129 Å². The van der Waals surface area contributed by atoms with Crippen molar-refractivity contribution in [2.45, 2.75) is 39.8 Å². The number of hydrogen-bond acceptors (Lipinski definition) is 4. The molecule has 0 spiro atoms. The Bertz CT molecular complexity index is 583. The van der Waals surface area contributed by atoms with Crippen molar-refractivity contribution in [1.82, 2.24) is 10.3 Å². The lowest BCUT2D eigenvalue weighted by atomic mass is 10.2. The number of rotatable bonds is 7. The molecule has 0 aliphatic rings. The SMILES string of the molecule is CCNCc1cc(F)cc(OCc2csc(C(C)C)n2)c1. The molecule has 0 saturated carbocycles. The molecule has 0 aliphatic heterocycles. The molecule has 0 unspecified atom stereocenters. The molecule has 114 valence electrons. The zero-order valence-electron chi connectivity index (χ0n) is 12.6. The second kappa shape index (κ2) is 7.52. The predicted octanol–water partition coefficient (Wildman–Crippen LogP) is 4.09. The lowest BCUT2D eigenvalue weighted by Crippen LogP contribution is -2.12. The molecule has 0 aliphatic carbocycles. The van der Waals surface area contributed by atoms with Crippen molar-refractivity contribution in [1.29, 1.82) is 0 Å². The van der Waals surface area contributed by atoms with Crippen LogP contribution in [0.4, 0.5) is 4.39 Å². The van der Waals surface area contributed by atoms with Crippen LogP contribution in [-0.2, 0) is 13.2 Å². The molecule has 0 fully saturated rings. The van der Waals surface area contributed by atoms with E-state index in [0.29, 0.717) is 24.8 Å². The first-order valence-electron chi connectivity index (χ1n) is 7.15. The van der Waals surface area contributed by atoms with Crippen molar-refractivity contribution >= 4 is 11.3 Å². The third-order valence-electron chi connectivity index (χ3n) is 2.96. The number of hydrogen-bond donors (Lipinski definition) is 1. The van der Waals surface area contributed by atoms with Gasteiger partial charge in [0.05, 0.1) is 10.7 Å². The van der Waals surface area contributed by atoms with Crippen molar-refractivity contribution in [2.75, 3.05) is 6.54 Å². The van der Waals surface area contributed by atoms with Crippen molar-refractivity contribution < 1.29 is 9.13 Å². The highest BCUT2D eigenvalue weighted by molar-refractivity contribution is 7.09. The van der Waals surface area contributed by atoms with E-state index in [-0.39, 0.29) is 5.82 Å². The lowest BCUT2D eigenvalue weighted by molar-refractivity contribution is 0.300. The van der Waals surface area contributed by atoms with E-state index >= 15 is 0 Å². The summed E-state index contributed by atoms with van der Waals surface area (Å²) in [6.07, 6.45) is 0. The Morgan fingerprint density at radius 3 is 2.81 bits per heavy atom. The molecule has 1 aromatic heterocycles. The summed E-state index contributed by atoms with van der Waals surface area (Å²) >= 11 is 1.64. The second-order valence-electron chi connectivity index (χ2n) is 5.20. The minimum Gasteiger partial charge on any atom is -0.487 e. The Kier molecular flexibility index (Phi) is 5.70. The molecule has 21 heavy (non-hydrogen) atoms. The molecule has 1 heterocycles. The van der Waals surface area contributed by atoms with Crippen molar-refractivity contribution in [3.05, 3.63) is 45.7 Å². The zero-order chi connectivity index (χ0) is 15.2. The summed E-state index contributed by atoms with van der Waals surface area (Å²) in [7, 11) is 0. The van der Waals surface area contributed by atoms with E-state index in [9.17, 15) is 4.39 Å². The van der Waals surface area contributed by atoms with E-state index in [0.717, 1.165) is 22.8 Å². The van der Waals surface area contributed by atoms with Gasteiger partial charge in [-0.25, -0.2) is 9.37 Å². The van der Waals surface area contributed by atoms with Gasteiger partial charge in [0.15, 0.2) is 0 Å². The number of aromatic nitrogens is 1. The van der Waals surface area contributed by atoms with Crippen LogP contribution in [0.5, 0.6) is 5.75 Å². The Morgan fingerprint density at radius 2 is 2.14 bits per heavy atom. The standard InChI is InChI=1S/C16H21FN2OS/c1-4-18-8-12-5-13(17)7-15(6-12)20-9-14-10-21-16(19-14)11(2)3/h5-7,10-11,18H,4,8-9H2,1-3H3. The van der Waals surface area contributed by atoms with Crippen LogP contribution in [0, 0.1) is 5.82 Å². The number of ether oxygens (including phenoxy) is 1. The van der Waals surface area contributed by atoms with Gasteiger partial charge in [-0.1, -0.05) is 20.8 Å². The fourth-order valence-corrected chi connectivity index (χ4v) is 2.71. The maximum atomic E-state index is 13.6. The van der Waals surface area contributed by atoms with Crippen molar-refractivity contribution in [2.24, 2.45) is 0 Å². The summed E-state index contributed by atoms with van der Waals surface area (Å²) in [5.41, 5.74) is 1.77. The smallest absolute Gasteiger partial charge is 0.131 e. The summed E-state index contributed by atoms with van der Waals surface area (Å²) in [6, 6.07) is 4.79. The van der Waals surface area contributed by atoms with Crippen molar-refractivity contribution in [3.8, 4) is 5.75 Å². The Hall–Kier alpha value is -1.46. The number of nitrogens with zero attached hydrogens (tertiary/aromatic N) is 1. The van der Waals surface area contributed by atoms with Gasteiger partial charge in [-0.05, 0) is 24.2 Å². The normalized spacial score (nSPS) is 11.1. The van der Waals surface area contributed by atoms with E-state index < -0.39 is 0 Å². The van der Waals surface area contributed by atoms with Gasteiger partial charge in [-0.2, -0.15) is 0 Å². The minimum absolute atomic E-state index is 0.276. The first-order valence-corrected chi connectivity index (χ1v) is 8.03. The fourth-order valence-electron chi connectivity index (χ4n) is 1.89. The van der Waals surface area contributed by atoms with Gasteiger partial charge in [-0.3, -0.25) is 0 Å². The number of thiazole rings is 1. The predicted molar refractivity (Wildman–Crippen MR) is 84.3 cm³/mol. The second-order valence-corrected chi connectivity index (χ2v) is 6.09. The van der Waals surface area contributed by atoms with Gasteiger partial charge in [-0.15, -0.1) is 11.3 Å². The number of nitrogens with one attached hydrogen (secondary N) is 1. The lowest BCUT2D eigenvalue weighted by Gasteiger charge is -2.08. The molecular formula is C16H21FN2OS. The highest BCUT2D eigenvalue weighted by atomic mass is 32.1. The topological polar surface area (TPSA) is 34.1 Å². The average Bonchev–Trinajstić information content (AvgIpc) is 2.91. The highest BCUT2D eigenvalue weighted by Crippen LogP contribution is 2.21. The molecule has 0 saturated heterocycles. The van der Waals surface area contributed by atoms with Gasteiger partial charge >= 0.3 is 0 Å². The van der Waals surface area contributed by atoms with Gasteiger partial charge in [0.1, 0.15) is 18.2 Å². The summed E-state index contributed by atoms with van der Waals surface area (Å²) in [6.45, 7) is 8.10. The monoisotopic (exact) mass is 308 g/mol. The van der Waals surface area contributed by atoms with Gasteiger partial charge in [0, 0.05) is 23.9 Å². The summed E-state index contributed by atoms with van der Waals surface area (Å²) < 4.78 is 19.2. The average molecular weight is 308 g/mol. The highest BCUT2D eigenvalue weighted by Gasteiger charge is 2.07. The van der Waals surface area contributed by atoms with Crippen LogP contribution >= 0.6 is 11.3 Å². The molecule has 2 aromatic rings. The van der Waals surface area contributed by atoms with Crippen LogP contribution in [0.3, 0.4) is 0 Å². The minimum atomic E-state index is -0.276. The Balaban J connectivity index is 1.99. The zero-order valence-corrected chi connectivity index (χ0v) is 13.5. The fraction of sp³-hybridized carbons (Fsp3) is 0.438. The molecule has 1 aromatic carbocycles. The number of benzene rings is 1. The molecule has 0 bridgehead atoms. The maximum Gasteiger partial charge on any atom is 0.131 e.